The summed E-state index contributed by atoms with van der Waals surface area (Å²) in [4.78, 5) is 0. The minimum Gasteiger partial charge on any atom is -0.383 e. The first kappa shape index (κ1) is 12.7. The summed E-state index contributed by atoms with van der Waals surface area (Å²) >= 11 is 0. The molecule has 0 aliphatic rings. The minimum absolute atomic E-state index is 0.0486. The van der Waals surface area contributed by atoms with Gasteiger partial charge in [-0.05, 0) is 12.5 Å². The van der Waals surface area contributed by atoms with E-state index in [4.69, 9.17) is 0 Å². The van der Waals surface area contributed by atoms with Crippen molar-refractivity contribution in [2.75, 3.05) is 0 Å². The Morgan fingerprint density at radius 2 is 2.17 bits per heavy atom. The number of nitrogens with zero attached hydrogens (tertiary/aromatic N) is 2. The topological polar surface area (TPSA) is 38.0 Å². The largest absolute Gasteiger partial charge is 0.383 e. The molecule has 0 aliphatic carbocycles. The summed E-state index contributed by atoms with van der Waals surface area (Å²) in [5.41, 5.74) is 0.543. The van der Waals surface area contributed by atoms with Gasteiger partial charge in [0.05, 0.1) is 6.20 Å². The monoisotopic (exact) mass is 252 g/mol. The molecule has 18 heavy (non-hydrogen) atoms. The molecule has 0 aliphatic heterocycles. The van der Waals surface area contributed by atoms with E-state index in [0.717, 1.165) is 25.1 Å². The molecule has 0 saturated heterocycles. The molecule has 1 aromatic heterocycles. The van der Waals surface area contributed by atoms with Crippen molar-refractivity contribution in [3.05, 3.63) is 53.4 Å². The molecular formula is C13H14F2N2O. The summed E-state index contributed by atoms with van der Waals surface area (Å²) in [6.07, 6.45) is 2.94. The fourth-order valence-corrected chi connectivity index (χ4v) is 1.77. The fraction of sp³-hybridized carbons (Fsp3) is 0.308. The molecule has 1 unspecified atom stereocenters. The Bertz CT molecular complexity index is 540. The number of rotatable bonds is 4. The third-order valence-corrected chi connectivity index (χ3v) is 2.68. The lowest BCUT2D eigenvalue weighted by atomic mass is 10.0. The average molecular weight is 252 g/mol. The molecule has 1 heterocycles. The van der Waals surface area contributed by atoms with Gasteiger partial charge in [-0.2, -0.15) is 5.10 Å². The van der Waals surface area contributed by atoms with Gasteiger partial charge in [-0.3, -0.25) is 4.68 Å². The third kappa shape index (κ3) is 2.56. The summed E-state index contributed by atoms with van der Waals surface area (Å²) < 4.78 is 28.0. The number of aliphatic hydroxyl groups excluding tert-OH is 1. The fourth-order valence-electron chi connectivity index (χ4n) is 1.77. The number of aliphatic hydroxyl groups is 1. The molecule has 5 heteroatoms. The van der Waals surface area contributed by atoms with Gasteiger partial charge in [0.2, 0.25) is 0 Å². The van der Waals surface area contributed by atoms with E-state index < -0.39 is 17.7 Å². The van der Waals surface area contributed by atoms with Crippen LogP contribution in [-0.4, -0.2) is 14.9 Å². The van der Waals surface area contributed by atoms with E-state index in [1.165, 1.54) is 12.3 Å². The van der Waals surface area contributed by atoms with Crippen LogP contribution in [0.2, 0.25) is 0 Å². The van der Waals surface area contributed by atoms with Crippen molar-refractivity contribution >= 4 is 0 Å². The summed E-state index contributed by atoms with van der Waals surface area (Å²) in [6.45, 7) is 2.75. The lowest BCUT2D eigenvalue weighted by molar-refractivity contribution is 0.214. The zero-order valence-corrected chi connectivity index (χ0v) is 9.98. The Balaban J connectivity index is 2.26. The second-order valence-corrected chi connectivity index (χ2v) is 4.11. The molecule has 2 aromatic rings. The Morgan fingerprint density at radius 1 is 1.39 bits per heavy atom. The van der Waals surface area contributed by atoms with Crippen LogP contribution in [0, 0.1) is 11.6 Å². The number of benzene rings is 1. The maximum atomic E-state index is 13.5. The lowest BCUT2D eigenvalue weighted by Crippen LogP contribution is -2.02. The van der Waals surface area contributed by atoms with Gasteiger partial charge >= 0.3 is 0 Å². The molecular weight excluding hydrogens is 238 g/mol. The SMILES string of the molecule is CCCn1cc(C(O)c2ccc(F)cc2F)cn1. The van der Waals surface area contributed by atoms with Crippen LogP contribution in [0.3, 0.4) is 0 Å². The molecule has 0 amide bonds. The van der Waals surface area contributed by atoms with Crippen molar-refractivity contribution in [3.63, 3.8) is 0 Å². The molecule has 1 N–H and O–H groups in total. The second kappa shape index (κ2) is 5.27. The highest BCUT2D eigenvalue weighted by atomic mass is 19.1. The van der Waals surface area contributed by atoms with Crippen LogP contribution in [0.25, 0.3) is 0 Å². The minimum atomic E-state index is -1.13. The molecule has 0 bridgehead atoms. The van der Waals surface area contributed by atoms with Gasteiger partial charge in [-0.1, -0.05) is 13.0 Å². The Morgan fingerprint density at radius 3 is 2.83 bits per heavy atom. The van der Waals surface area contributed by atoms with E-state index in [0.29, 0.717) is 5.56 Å². The summed E-state index contributed by atoms with van der Waals surface area (Å²) in [6, 6.07) is 3.12. The highest BCUT2D eigenvalue weighted by Gasteiger charge is 2.17. The molecule has 0 fully saturated rings. The van der Waals surface area contributed by atoms with Crippen LogP contribution < -0.4 is 0 Å². The molecule has 0 saturated carbocycles. The smallest absolute Gasteiger partial charge is 0.132 e. The standard InChI is InChI=1S/C13H14F2N2O/c1-2-5-17-8-9(7-16-17)13(18)11-4-3-10(14)6-12(11)15/h3-4,6-8,13,18H,2,5H2,1H3. The van der Waals surface area contributed by atoms with Crippen molar-refractivity contribution in [1.82, 2.24) is 9.78 Å². The molecule has 3 nitrogen and oxygen atoms in total. The first-order chi connectivity index (χ1) is 8.61. The van der Waals surface area contributed by atoms with Crippen molar-refractivity contribution in [3.8, 4) is 0 Å². The number of hydrogen-bond donors (Lipinski definition) is 1. The first-order valence-corrected chi connectivity index (χ1v) is 5.77. The maximum absolute atomic E-state index is 13.5. The second-order valence-electron chi connectivity index (χ2n) is 4.11. The van der Waals surface area contributed by atoms with Crippen LogP contribution in [0.5, 0.6) is 0 Å². The van der Waals surface area contributed by atoms with Crippen LogP contribution in [0.4, 0.5) is 8.78 Å². The first-order valence-electron chi connectivity index (χ1n) is 5.77. The van der Waals surface area contributed by atoms with Gasteiger partial charge in [0, 0.05) is 29.9 Å². The molecule has 1 aromatic carbocycles. The van der Waals surface area contributed by atoms with Crippen LogP contribution in [0.15, 0.2) is 30.6 Å². The Hall–Kier alpha value is -1.75. The number of hydrogen-bond acceptors (Lipinski definition) is 2. The van der Waals surface area contributed by atoms with Crippen molar-refractivity contribution in [1.29, 1.82) is 0 Å². The van der Waals surface area contributed by atoms with E-state index in [2.05, 4.69) is 5.10 Å². The van der Waals surface area contributed by atoms with Gasteiger partial charge in [0.25, 0.3) is 0 Å². The Kier molecular flexibility index (Phi) is 3.72. The van der Waals surface area contributed by atoms with Crippen molar-refractivity contribution < 1.29 is 13.9 Å². The van der Waals surface area contributed by atoms with Crippen molar-refractivity contribution in [2.45, 2.75) is 26.0 Å². The summed E-state index contributed by atoms with van der Waals surface area (Å²) in [7, 11) is 0. The normalized spacial score (nSPS) is 12.7. The Labute approximate surface area is 104 Å². The van der Waals surface area contributed by atoms with Gasteiger partial charge in [-0.15, -0.1) is 0 Å². The van der Waals surface area contributed by atoms with E-state index in [-0.39, 0.29) is 5.56 Å². The van der Waals surface area contributed by atoms with E-state index in [1.807, 2.05) is 6.92 Å². The van der Waals surface area contributed by atoms with E-state index in [9.17, 15) is 13.9 Å². The predicted octanol–water partition coefficient (Wildman–Crippen LogP) is 2.65. The van der Waals surface area contributed by atoms with Gasteiger partial charge in [0.1, 0.15) is 17.7 Å². The molecule has 0 spiro atoms. The highest BCUT2D eigenvalue weighted by molar-refractivity contribution is 5.28. The predicted molar refractivity (Wildman–Crippen MR) is 62.9 cm³/mol. The average Bonchev–Trinajstić information content (AvgIpc) is 2.77. The number of aromatic nitrogens is 2. The molecule has 96 valence electrons. The van der Waals surface area contributed by atoms with E-state index >= 15 is 0 Å². The van der Waals surface area contributed by atoms with Crippen molar-refractivity contribution in [2.24, 2.45) is 0 Å². The number of halogens is 2. The summed E-state index contributed by atoms with van der Waals surface area (Å²) in [5, 5.41) is 14.1. The summed E-state index contributed by atoms with van der Waals surface area (Å²) in [5.74, 6) is -1.42. The van der Waals surface area contributed by atoms with Crippen LogP contribution in [0.1, 0.15) is 30.6 Å². The quantitative estimate of drug-likeness (QED) is 0.908. The van der Waals surface area contributed by atoms with Gasteiger partial charge in [0.15, 0.2) is 0 Å². The number of aryl methyl sites for hydroxylation is 1. The van der Waals surface area contributed by atoms with Gasteiger partial charge in [-0.25, -0.2) is 8.78 Å². The molecule has 1 atom stereocenters. The highest BCUT2D eigenvalue weighted by Crippen LogP contribution is 2.24. The zero-order chi connectivity index (χ0) is 13.1. The van der Waals surface area contributed by atoms with E-state index in [1.54, 1.807) is 10.9 Å². The van der Waals surface area contributed by atoms with Gasteiger partial charge < -0.3 is 5.11 Å². The zero-order valence-electron chi connectivity index (χ0n) is 9.98. The maximum Gasteiger partial charge on any atom is 0.132 e. The van der Waals surface area contributed by atoms with Crippen LogP contribution in [-0.2, 0) is 6.54 Å². The third-order valence-electron chi connectivity index (χ3n) is 2.68. The molecule has 2 rings (SSSR count). The molecule has 0 radical (unpaired) electrons. The lowest BCUT2D eigenvalue weighted by Gasteiger charge is -2.09. The van der Waals surface area contributed by atoms with Crippen LogP contribution >= 0.6 is 0 Å².